The van der Waals surface area contributed by atoms with Crippen LogP contribution in [-0.2, 0) is 9.47 Å². The summed E-state index contributed by atoms with van der Waals surface area (Å²) in [7, 11) is 1.59. The number of carbonyl (C=O) groups excluding carboxylic acids is 1. The van der Waals surface area contributed by atoms with E-state index in [0.29, 0.717) is 32.2 Å². The number of hydrogen-bond acceptors (Lipinski definition) is 4. The van der Waals surface area contributed by atoms with Gasteiger partial charge in [0.1, 0.15) is 5.60 Å². The lowest BCUT2D eigenvalue weighted by molar-refractivity contribution is 0.0208. The van der Waals surface area contributed by atoms with Gasteiger partial charge in [-0.3, -0.25) is 4.99 Å². The molecule has 0 aromatic heterocycles. The highest BCUT2D eigenvalue weighted by Gasteiger charge is 2.21. The third-order valence-corrected chi connectivity index (χ3v) is 3.19. The minimum atomic E-state index is -0.544. The van der Waals surface area contributed by atoms with Crippen LogP contribution in [0, 0.1) is 6.92 Å². The van der Waals surface area contributed by atoms with Crippen LogP contribution in [0.2, 0.25) is 0 Å². The van der Waals surface area contributed by atoms with Gasteiger partial charge in [0.15, 0.2) is 5.96 Å². The summed E-state index contributed by atoms with van der Waals surface area (Å²) >= 11 is 0. The summed E-state index contributed by atoms with van der Waals surface area (Å²) in [6, 6.07) is 7.85. The Hall–Kier alpha value is -1.55. The van der Waals surface area contributed by atoms with Crippen molar-refractivity contribution in [2.75, 3.05) is 38.7 Å². The Balaban J connectivity index is 0.00000625. The summed E-state index contributed by atoms with van der Waals surface area (Å²) in [6.07, 6.45) is -0.384. The van der Waals surface area contributed by atoms with Crippen LogP contribution in [0.5, 0.6) is 0 Å². The van der Waals surface area contributed by atoms with Crippen LogP contribution in [0.15, 0.2) is 29.3 Å². The topological polar surface area (TPSA) is 89.2 Å². The van der Waals surface area contributed by atoms with E-state index in [2.05, 4.69) is 10.3 Å². The number of guanidine groups is 1. The van der Waals surface area contributed by atoms with Gasteiger partial charge < -0.3 is 25.4 Å². The van der Waals surface area contributed by atoms with Crippen molar-refractivity contribution in [1.29, 1.82) is 0 Å². The van der Waals surface area contributed by atoms with Gasteiger partial charge >= 0.3 is 6.09 Å². The zero-order valence-corrected chi connectivity index (χ0v) is 18.6. The summed E-state index contributed by atoms with van der Waals surface area (Å²) in [5.74, 6) is 0.305. The largest absolute Gasteiger partial charge is 0.444 e. The highest BCUT2D eigenvalue weighted by atomic mass is 127. The van der Waals surface area contributed by atoms with Crippen molar-refractivity contribution in [2.24, 2.45) is 10.7 Å². The first-order valence-electron chi connectivity index (χ1n) is 8.32. The van der Waals surface area contributed by atoms with Gasteiger partial charge in [-0.15, -0.1) is 24.0 Å². The number of methoxy groups -OCH3 is 1. The van der Waals surface area contributed by atoms with Crippen LogP contribution < -0.4 is 11.1 Å². The summed E-state index contributed by atoms with van der Waals surface area (Å²) in [5, 5.41) is 3.02. The van der Waals surface area contributed by atoms with Crippen molar-refractivity contribution in [3.8, 4) is 0 Å². The molecule has 1 aromatic rings. The average Bonchev–Trinajstić information content (AvgIpc) is 2.51. The monoisotopic (exact) mass is 478 g/mol. The van der Waals surface area contributed by atoms with Crippen LogP contribution in [0.25, 0.3) is 0 Å². The summed E-state index contributed by atoms with van der Waals surface area (Å²) in [6.45, 7) is 9.16. The van der Waals surface area contributed by atoms with Gasteiger partial charge in [-0.05, 0) is 39.8 Å². The van der Waals surface area contributed by atoms with Crippen LogP contribution in [0.4, 0.5) is 10.5 Å². The fraction of sp³-hybridized carbons (Fsp3) is 0.556. The number of benzene rings is 1. The zero-order chi connectivity index (χ0) is 18.9. The highest BCUT2D eigenvalue weighted by Crippen LogP contribution is 2.10. The van der Waals surface area contributed by atoms with Gasteiger partial charge in [0, 0.05) is 25.9 Å². The summed E-state index contributed by atoms with van der Waals surface area (Å²) in [5.41, 5.74) is 7.39. The first-order valence-corrected chi connectivity index (χ1v) is 8.32. The standard InChI is InChI=1S/C18H30N4O3.HI/c1-14-6-8-15(9-7-14)21-16(19)20-10-11-22(12-13-24-5)17(23)25-18(2,3)4;/h6-9H,10-13H2,1-5H3,(H3,19,20,21);1H. The average molecular weight is 478 g/mol. The second-order valence-corrected chi connectivity index (χ2v) is 6.72. The first-order chi connectivity index (χ1) is 11.7. The second kappa shape index (κ2) is 11.9. The molecule has 0 saturated heterocycles. The molecule has 7 nitrogen and oxygen atoms in total. The quantitative estimate of drug-likeness (QED) is 0.357. The Morgan fingerprint density at radius 3 is 2.38 bits per heavy atom. The van der Waals surface area contributed by atoms with Gasteiger partial charge in [-0.25, -0.2) is 4.79 Å². The van der Waals surface area contributed by atoms with E-state index in [1.54, 1.807) is 12.0 Å². The van der Waals surface area contributed by atoms with Crippen molar-refractivity contribution in [1.82, 2.24) is 4.90 Å². The zero-order valence-electron chi connectivity index (χ0n) is 16.2. The molecule has 26 heavy (non-hydrogen) atoms. The van der Waals surface area contributed by atoms with Crippen molar-refractivity contribution in [3.63, 3.8) is 0 Å². The Bertz CT molecular complexity index is 571. The number of nitrogens with one attached hydrogen (secondary N) is 1. The van der Waals surface area contributed by atoms with E-state index in [1.165, 1.54) is 5.56 Å². The molecular weight excluding hydrogens is 447 g/mol. The number of anilines is 1. The lowest BCUT2D eigenvalue weighted by atomic mass is 10.2. The number of aryl methyl sites for hydroxylation is 1. The molecule has 0 aliphatic carbocycles. The normalized spacial score (nSPS) is 11.5. The number of aliphatic imine (C=N–C) groups is 1. The van der Waals surface area contributed by atoms with Crippen LogP contribution in [0.1, 0.15) is 26.3 Å². The molecule has 0 atom stereocenters. The van der Waals surface area contributed by atoms with E-state index in [0.717, 1.165) is 5.69 Å². The van der Waals surface area contributed by atoms with E-state index in [1.807, 2.05) is 52.0 Å². The van der Waals surface area contributed by atoms with Crippen LogP contribution in [0.3, 0.4) is 0 Å². The number of ether oxygens (including phenoxy) is 2. The molecular formula is C18H31IN4O3. The molecule has 0 unspecified atom stereocenters. The maximum Gasteiger partial charge on any atom is 0.410 e. The van der Waals surface area contributed by atoms with Crippen LogP contribution >= 0.6 is 24.0 Å². The fourth-order valence-corrected chi connectivity index (χ4v) is 1.94. The fourth-order valence-electron chi connectivity index (χ4n) is 1.94. The number of nitrogens with two attached hydrogens (primary N) is 1. The Morgan fingerprint density at radius 1 is 1.23 bits per heavy atom. The van der Waals surface area contributed by atoms with Gasteiger partial charge in [0.2, 0.25) is 0 Å². The molecule has 1 amide bonds. The van der Waals surface area contributed by atoms with Gasteiger partial charge in [-0.1, -0.05) is 17.7 Å². The lowest BCUT2D eigenvalue weighted by Crippen LogP contribution is -2.40. The number of carbonyl (C=O) groups is 1. The van der Waals surface area contributed by atoms with Crippen molar-refractivity contribution >= 4 is 41.7 Å². The molecule has 0 aliphatic rings. The predicted octanol–water partition coefficient (Wildman–Crippen LogP) is 3.22. The number of rotatable bonds is 7. The number of nitrogens with zero attached hydrogens (tertiary/aromatic N) is 2. The van der Waals surface area contributed by atoms with Crippen molar-refractivity contribution < 1.29 is 14.3 Å². The lowest BCUT2D eigenvalue weighted by Gasteiger charge is -2.26. The molecule has 1 rings (SSSR count). The second-order valence-electron chi connectivity index (χ2n) is 6.72. The van der Waals surface area contributed by atoms with E-state index >= 15 is 0 Å². The molecule has 1 aromatic carbocycles. The summed E-state index contributed by atoms with van der Waals surface area (Å²) < 4.78 is 10.4. The molecule has 0 heterocycles. The van der Waals surface area contributed by atoms with E-state index in [-0.39, 0.29) is 30.1 Å². The van der Waals surface area contributed by atoms with Crippen LogP contribution in [-0.4, -0.2) is 55.9 Å². The van der Waals surface area contributed by atoms with E-state index < -0.39 is 5.60 Å². The summed E-state index contributed by atoms with van der Waals surface area (Å²) in [4.78, 5) is 18.0. The molecule has 0 radical (unpaired) electrons. The van der Waals surface area contributed by atoms with Gasteiger partial charge in [0.25, 0.3) is 0 Å². The van der Waals surface area contributed by atoms with E-state index in [4.69, 9.17) is 15.2 Å². The number of hydrogen-bond donors (Lipinski definition) is 2. The highest BCUT2D eigenvalue weighted by molar-refractivity contribution is 14.0. The number of halogens is 1. The maximum absolute atomic E-state index is 12.2. The molecule has 3 N–H and O–H groups in total. The molecule has 148 valence electrons. The number of amides is 1. The van der Waals surface area contributed by atoms with Crippen molar-refractivity contribution in [3.05, 3.63) is 29.8 Å². The third-order valence-electron chi connectivity index (χ3n) is 3.19. The molecule has 8 heteroatoms. The first kappa shape index (κ1) is 24.5. The smallest absolute Gasteiger partial charge is 0.410 e. The van der Waals surface area contributed by atoms with Gasteiger partial charge in [0.05, 0.1) is 13.2 Å². The minimum Gasteiger partial charge on any atom is -0.444 e. The molecule has 0 spiro atoms. The molecule has 0 bridgehead atoms. The Labute approximate surface area is 173 Å². The maximum atomic E-state index is 12.2. The Kier molecular flexibility index (Phi) is 11.2. The SMILES string of the molecule is COCCN(CCN=C(N)Nc1ccc(C)cc1)C(=O)OC(C)(C)C.I. The van der Waals surface area contributed by atoms with Gasteiger partial charge in [-0.2, -0.15) is 0 Å². The molecule has 0 fully saturated rings. The third kappa shape index (κ3) is 10.4. The minimum absolute atomic E-state index is 0. The van der Waals surface area contributed by atoms with E-state index in [9.17, 15) is 4.79 Å². The van der Waals surface area contributed by atoms with Crippen molar-refractivity contribution in [2.45, 2.75) is 33.3 Å². The molecule has 0 saturated carbocycles. The Morgan fingerprint density at radius 2 is 1.85 bits per heavy atom. The predicted molar refractivity (Wildman–Crippen MR) is 116 cm³/mol. The molecule has 0 aliphatic heterocycles.